The molecule has 2 N–H and O–H groups in total. The van der Waals surface area contributed by atoms with E-state index in [0.29, 0.717) is 15.4 Å². The maximum Gasteiger partial charge on any atom is 0.201 e. The van der Waals surface area contributed by atoms with Gasteiger partial charge in [0.15, 0.2) is 0 Å². The quantitative estimate of drug-likeness (QED) is 0.776. The van der Waals surface area contributed by atoms with Crippen LogP contribution >= 0.6 is 22.6 Å². The number of likely N-dealkylation sites (N-methyl/N-ethyl adjacent to an activating group) is 1. The van der Waals surface area contributed by atoms with Crippen molar-refractivity contribution in [3.05, 3.63) is 21.5 Å². The molecule has 1 atom stereocenters. The lowest BCUT2D eigenvalue weighted by molar-refractivity contribution is 0.294. The van der Waals surface area contributed by atoms with Crippen molar-refractivity contribution in [3.63, 3.8) is 0 Å². The number of nitrogen functional groups attached to an aromatic ring is 1. The number of hydrogen-bond acceptors (Lipinski definition) is 3. The monoisotopic (exact) mass is 404 g/mol. The highest BCUT2D eigenvalue weighted by Crippen LogP contribution is 2.29. The van der Waals surface area contributed by atoms with Crippen molar-refractivity contribution in [1.82, 2.24) is 14.5 Å². The van der Waals surface area contributed by atoms with Gasteiger partial charge in [-0.2, -0.15) is 0 Å². The van der Waals surface area contributed by atoms with E-state index in [0.717, 1.165) is 24.0 Å². The second kappa shape index (κ2) is 6.48. The number of imidazole rings is 1. The summed E-state index contributed by atoms with van der Waals surface area (Å²) in [5.41, 5.74) is 7.65. The van der Waals surface area contributed by atoms with Crippen LogP contribution in [-0.4, -0.2) is 35.1 Å². The molecule has 1 heterocycles. The van der Waals surface area contributed by atoms with E-state index in [1.54, 1.807) is 12.1 Å². The number of nitrogens with two attached hydrogens (primary N) is 1. The Morgan fingerprint density at radius 3 is 2.62 bits per heavy atom. The maximum absolute atomic E-state index is 13.9. The van der Waals surface area contributed by atoms with Gasteiger partial charge in [0, 0.05) is 12.6 Å². The third-order valence-corrected chi connectivity index (χ3v) is 4.27. The fourth-order valence-electron chi connectivity index (χ4n) is 2.72. The van der Waals surface area contributed by atoms with Crippen LogP contribution in [0.5, 0.6) is 0 Å². The van der Waals surface area contributed by atoms with Crippen LogP contribution in [0, 0.1) is 15.3 Å². The van der Waals surface area contributed by atoms with Crippen molar-refractivity contribution in [2.24, 2.45) is 5.92 Å². The highest BCUT2D eigenvalue weighted by Gasteiger charge is 2.21. The largest absolute Gasteiger partial charge is 0.369 e. The van der Waals surface area contributed by atoms with E-state index in [1.165, 1.54) is 0 Å². The molecule has 0 radical (unpaired) electrons. The number of halogens is 2. The van der Waals surface area contributed by atoms with Gasteiger partial charge in [-0.25, -0.2) is 9.37 Å². The average Bonchev–Trinajstić information content (AvgIpc) is 2.63. The summed E-state index contributed by atoms with van der Waals surface area (Å²) in [6.45, 7) is 5.21. The molecule has 0 aliphatic rings. The topological polar surface area (TPSA) is 47.1 Å². The van der Waals surface area contributed by atoms with Crippen molar-refractivity contribution < 1.29 is 4.39 Å². The molecule has 2 rings (SSSR count). The lowest BCUT2D eigenvalue weighted by Crippen LogP contribution is -2.26. The molecule has 0 fully saturated rings. The van der Waals surface area contributed by atoms with Crippen LogP contribution in [0.1, 0.15) is 26.3 Å². The maximum atomic E-state index is 13.9. The molecule has 21 heavy (non-hydrogen) atoms. The minimum Gasteiger partial charge on any atom is -0.369 e. The number of aromatic nitrogens is 2. The zero-order valence-electron chi connectivity index (χ0n) is 12.9. The highest BCUT2D eigenvalue weighted by molar-refractivity contribution is 14.1. The minimum atomic E-state index is -0.225. The van der Waals surface area contributed by atoms with Gasteiger partial charge in [-0.3, -0.25) is 0 Å². The Kier molecular flexibility index (Phi) is 5.08. The summed E-state index contributed by atoms with van der Waals surface area (Å²) in [5, 5.41) is 0. The Morgan fingerprint density at radius 2 is 2.05 bits per heavy atom. The van der Waals surface area contributed by atoms with Crippen LogP contribution in [0.3, 0.4) is 0 Å². The fraction of sp³-hybridized carbons (Fsp3) is 0.533. The van der Waals surface area contributed by atoms with Crippen LogP contribution in [0.25, 0.3) is 11.0 Å². The number of rotatable bonds is 5. The normalized spacial score (nSPS) is 13.5. The summed E-state index contributed by atoms with van der Waals surface area (Å²) in [7, 11) is 4.07. The Balaban J connectivity index is 2.55. The molecule has 4 nitrogen and oxygen atoms in total. The van der Waals surface area contributed by atoms with Crippen LogP contribution < -0.4 is 5.73 Å². The Morgan fingerprint density at radius 1 is 1.38 bits per heavy atom. The first-order valence-corrected chi connectivity index (χ1v) is 8.14. The minimum absolute atomic E-state index is 0.185. The smallest absolute Gasteiger partial charge is 0.201 e. The van der Waals surface area contributed by atoms with E-state index in [1.807, 2.05) is 41.3 Å². The SMILES string of the molecule is CC(C)CC(CN(C)C)n1c(N)nc2cc(I)c(F)cc21. The zero-order chi connectivity index (χ0) is 15.7. The number of nitrogens with zero attached hydrogens (tertiary/aromatic N) is 3. The molecule has 0 spiro atoms. The number of anilines is 1. The second-order valence-electron chi connectivity index (χ2n) is 6.14. The highest BCUT2D eigenvalue weighted by atomic mass is 127. The van der Waals surface area contributed by atoms with Gasteiger partial charge in [0.05, 0.1) is 20.6 Å². The van der Waals surface area contributed by atoms with Crippen molar-refractivity contribution in [2.75, 3.05) is 26.4 Å². The van der Waals surface area contributed by atoms with Crippen molar-refractivity contribution in [1.29, 1.82) is 0 Å². The molecule has 1 unspecified atom stereocenters. The van der Waals surface area contributed by atoms with E-state index in [-0.39, 0.29) is 11.9 Å². The first kappa shape index (κ1) is 16.5. The van der Waals surface area contributed by atoms with Crippen LogP contribution in [0.2, 0.25) is 0 Å². The van der Waals surface area contributed by atoms with Gasteiger partial charge in [0.25, 0.3) is 0 Å². The van der Waals surface area contributed by atoms with Gasteiger partial charge in [0.1, 0.15) is 5.82 Å². The van der Waals surface area contributed by atoms with E-state index in [9.17, 15) is 4.39 Å². The Bertz CT molecular complexity index is 626. The van der Waals surface area contributed by atoms with Gasteiger partial charge in [0.2, 0.25) is 5.95 Å². The third-order valence-electron chi connectivity index (χ3n) is 3.44. The van der Waals surface area contributed by atoms with Crippen molar-refractivity contribution >= 4 is 39.6 Å². The van der Waals surface area contributed by atoms with Crippen LogP contribution in [0.4, 0.5) is 10.3 Å². The molecule has 2 aromatic rings. The van der Waals surface area contributed by atoms with E-state index >= 15 is 0 Å². The molecule has 0 saturated carbocycles. The molecule has 0 aliphatic carbocycles. The van der Waals surface area contributed by atoms with Crippen LogP contribution in [0.15, 0.2) is 12.1 Å². The average molecular weight is 404 g/mol. The number of fused-ring (bicyclic) bond motifs is 1. The van der Waals surface area contributed by atoms with Gasteiger partial charge in [-0.15, -0.1) is 0 Å². The Labute approximate surface area is 138 Å². The first-order chi connectivity index (χ1) is 9.79. The molecular weight excluding hydrogens is 382 g/mol. The molecule has 116 valence electrons. The molecule has 0 saturated heterocycles. The standard InChI is InChI=1S/C15H22FIN4/c1-9(2)5-10(8-20(3)4)21-14-6-11(16)12(17)7-13(14)19-15(21)18/h6-7,9-10H,5,8H2,1-4H3,(H2,18,19). The first-order valence-electron chi connectivity index (χ1n) is 7.06. The summed E-state index contributed by atoms with van der Waals surface area (Å²) in [6.07, 6.45) is 0.974. The number of hydrogen-bond donors (Lipinski definition) is 1. The van der Waals surface area contributed by atoms with E-state index in [2.05, 4.69) is 23.7 Å². The molecule has 0 bridgehead atoms. The van der Waals surface area contributed by atoms with Gasteiger partial charge in [-0.1, -0.05) is 13.8 Å². The summed E-state index contributed by atoms with van der Waals surface area (Å²) in [6, 6.07) is 3.48. The zero-order valence-corrected chi connectivity index (χ0v) is 15.1. The van der Waals surface area contributed by atoms with Gasteiger partial charge < -0.3 is 15.2 Å². The second-order valence-corrected chi connectivity index (χ2v) is 7.30. The molecule has 1 aromatic heterocycles. The molecule has 0 aliphatic heterocycles. The van der Waals surface area contributed by atoms with Gasteiger partial charge >= 0.3 is 0 Å². The molecule has 1 aromatic carbocycles. The molecule has 0 amide bonds. The predicted octanol–water partition coefficient (Wildman–Crippen LogP) is 3.51. The Hall–Kier alpha value is -0.890. The summed E-state index contributed by atoms with van der Waals surface area (Å²) >= 11 is 1.98. The predicted molar refractivity (Wildman–Crippen MR) is 93.9 cm³/mol. The summed E-state index contributed by atoms with van der Waals surface area (Å²) in [4.78, 5) is 6.53. The summed E-state index contributed by atoms with van der Waals surface area (Å²) < 4.78 is 16.5. The van der Waals surface area contributed by atoms with Crippen molar-refractivity contribution in [2.45, 2.75) is 26.3 Å². The fourth-order valence-corrected chi connectivity index (χ4v) is 3.17. The molecular formula is C15H22FIN4. The third kappa shape index (κ3) is 3.66. The number of benzene rings is 1. The molecule has 6 heteroatoms. The lowest BCUT2D eigenvalue weighted by atomic mass is 10.0. The van der Waals surface area contributed by atoms with Gasteiger partial charge in [-0.05, 0) is 55.1 Å². The van der Waals surface area contributed by atoms with Crippen LogP contribution in [-0.2, 0) is 0 Å². The summed E-state index contributed by atoms with van der Waals surface area (Å²) in [5.74, 6) is 0.761. The van der Waals surface area contributed by atoms with Crippen molar-refractivity contribution in [3.8, 4) is 0 Å². The van der Waals surface area contributed by atoms with E-state index < -0.39 is 0 Å². The lowest BCUT2D eigenvalue weighted by Gasteiger charge is -2.25. The van der Waals surface area contributed by atoms with E-state index in [4.69, 9.17) is 5.73 Å².